The highest BCUT2D eigenvalue weighted by Gasteiger charge is 2.45. The third kappa shape index (κ3) is 6.69. The van der Waals surface area contributed by atoms with Gasteiger partial charge in [0.25, 0.3) is 6.71 Å². The van der Waals surface area contributed by atoms with Crippen molar-refractivity contribution in [2.75, 3.05) is 4.90 Å². The molecule has 0 radical (unpaired) electrons. The molecular formula is C74H56BN3O. The summed E-state index contributed by atoms with van der Waals surface area (Å²) in [7, 11) is 0. The van der Waals surface area contributed by atoms with Gasteiger partial charge in [-0.25, -0.2) is 0 Å². The van der Waals surface area contributed by atoms with Gasteiger partial charge in [0.05, 0.1) is 27.8 Å². The zero-order valence-electron chi connectivity index (χ0n) is 45.3. The Bertz CT molecular complexity index is 4760. The molecule has 4 nitrogen and oxygen atoms in total. The van der Waals surface area contributed by atoms with Crippen LogP contribution in [0, 0.1) is 0 Å². The first-order valence-electron chi connectivity index (χ1n) is 27.9. The monoisotopic (exact) mass is 1010 g/mol. The van der Waals surface area contributed by atoms with Gasteiger partial charge in [-0.3, -0.25) is 0 Å². The average Bonchev–Trinajstić information content (AvgIpc) is 3.46. The lowest BCUT2D eigenvalue weighted by molar-refractivity contribution is 0.590. The smallest absolute Gasteiger partial charge is 0.253 e. The fraction of sp³-hybridized carbons (Fsp3) is 0.108. The molecule has 5 heterocycles. The Balaban J connectivity index is 1.12. The Morgan fingerprint density at radius 1 is 0.367 bits per heavy atom. The number of benzene rings is 11. The molecule has 5 heteroatoms. The van der Waals surface area contributed by atoms with Crippen LogP contribution in [0.2, 0.25) is 0 Å². The zero-order valence-corrected chi connectivity index (χ0v) is 45.3. The van der Waals surface area contributed by atoms with E-state index in [2.05, 4.69) is 286 Å². The van der Waals surface area contributed by atoms with Crippen LogP contribution in [0.3, 0.4) is 0 Å². The minimum atomic E-state index is -0.204. The Labute approximate surface area is 460 Å². The largest absolute Gasteiger partial charge is 0.456 e. The minimum absolute atomic E-state index is 0.00230. The number of furan rings is 1. The number of nitrogens with zero attached hydrogens (tertiary/aromatic N) is 3. The van der Waals surface area contributed by atoms with Gasteiger partial charge in [0.15, 0.2) is 0 Å². The van der Waals surface area contributed by atoms with Crippen LogP contribution in [0.15, 0.2) is 235 Å². The van der Waals surface area contributed by atoms with E-state index in [1.165, 1.54) is 93.5 Å². The second kappa shape index (κ2) is 16.6. The SMILES string of the molecule is CC(C)(C)c1ccc(-c2cccc(-c3ccc(C(C)(C)C)cc3)c2N2c3cc4c(cc3B3c5c2cc(-c2ccccc2)cc5-n2c5ccccc5c5cc6c(c3c52)c2ccccc2n6-c2ccccc2)oc2ccccc24)cc1. The summed E-state index contributed by atoms with van der Waals surface area (Å²) in [6.07, 6.45) is 0. The van der Waals surface area contributed by atoms with Crippen molar-refractivity contribution in [3.8, 4) is 44.8 Å². The van der Waals surface area contributed by atoms with Gasteiger partial charge >= 0.3 is 0 Å². The molecule has 0 N–H and O–H groups in total. The van der Waals surface area contributed by atoms with Crippen LogP contribution in [0.1, 0.15) is 52.7 Å². The van der Waals surface area contributed by atoms with Crippen LogP contribution in [-0.2, 0) is 10.8 Å². The lowest BCUT2D eigenvalue weighted by Gasteiger charge is -2.42. The van der Waals surface area contributed by atoms with E-state index in [0.717, 1.165) is 61.4 Å². The third-order valence-corrected chi connectivity index (χ3v) is 17.4. The molecule has 0 saturated carbocycles. The molecule has 0 saturated heterocycles. The average molecular weight is 1010 g/mol. The second-order valence-electron chi connectivity index (χ2n) is 24.0. The van der Waals surface area contributed by atoms with Gasteiger partial charge in [0.1, 0.15) is 11.2 Å². The molecule has 79 heavy (non-hydrogen) atoms. The van der Waals surface area contributed by atoms with Crippen molar-refractivity contribution in [3.63, 3.8) is 0 Å². The molecule has 16 rings (SSSR count). The summed E-state index contributed by atoms with van der Waals surface area (Å²) in [5.41, 5.74) is 25.8. The third-order valence-electron chi connectivity index (χ3n) is 17.4. The first kappa shape index (κ1) is 45.8. The fourth-order valence-corrected chi connectivity index (χ4v) is 13.7. The Morgan fingerprint density at radius 3 is 1.59 bits per heavy atom. The van der Waals surface area contributed by atoms with Crippen molar-refractivity contribution >= 4 is 106 Å². The van der Waals surface area contributed by atoms with E-state index in [0.29, 0.717) is 0 Å². The van der Waals surface area contributed by atoms with Crippen molar-refractivity contribution in [2.24, 2.45) is 0 Å². The second-order valence-corrected chi connectivity index (χ2v) is 24.0. The van der Waals surface area contributed by atoms with E-state index in [-0.39, 0.29) is 17.5 Å². The maximum absolute atomic E-state index is 7.01. The first-order chi connectivity index (χ1) is 38.5. The molecule has 14 aromatic rings. The number of para-hydroxylation sites is 5. The highest BCUT2D eigenvalue weighted by molar-refractivity contribution is 7.02. The molecule has 0 bridgehead atoms. The highest BCUT2D eigenvalue weighted by Crippen LogP contribution is 2.52. The van der Waals surface area contributed by atoms with Crippen molar-refractivity contribution < 1.29 is 4.42 Å². The van der Waals surface area contributed by atoms with Crippen LogP contribution in [0.4, 0.5) is 17.1 Å². The van der Waals surface area contributed by atoms with Crippen molar-refractivity contribution in [1.82, 2.24) is 9.13 Å². The van der Waals surface area contributed by atoms with Crippen molar-refractivity contribution in [3.05, 3.63) is 242 Å². The predicted octanol–water partition coefficient (Wildman–Crippen LogP) is 18.0. The van der Waals surface area contributed by atoms with E-state index in [9.17, 15) is 0 Å². The molecule has 0 spiro atoms. The van der Waals surface area contributed by atoms with Crippen LogP contribution < -0.4 is 21.3 Å². The Hall–Kier alpha value is -9.32. The van der Waals surface area contributed by atoms with Crippen LogP contribution in [-0.4, -0.2) is 15.8 Å². The minimum Gasteiger partial charge on any atom is -0.456 e. The summed E-state index contributed by atoms with van der Waals surface area (Å²) in [5.74, 6) is 0. The van der Waals surface area contributed by atoms with E-state index in [1.807, 2.05) is 0 Å². The summed E-state index contributed by atoms with van der Waals surface area (Å²) in [5, 5.41) is 7.19. The molecule has 0 unspecified atom stereocenters. The summed E-state index contributed by atoms with van der Waals surface area (Å²) >= 11 is 0. The summed E-state index contributed by atoms with van der Waals surface area (Å²) in [6, 6.07) is 86.7. The van der Waals surface area contributed by atoms with Gasteiger partial charge < -0.3 is 18.5 Å². The van der Waals surface area contributed by atoms with Gasteiger partial charge in [-0.15, -0.1) is 0 Å². The number of hydrogen-bond acceptors (Lipinski definition) is 2. The van der Waals surface area contributed by atoms with Gasteiger partial charge in [-0.2, -0.15) is 0 Å². The topological polar surface area (TPSA) is 26.2 Å². The maximum Gasteiger partial charge on any atom is 0.253 e. The normalized spacial score (nSPS) is 13.1. The van der Waals surface area contributed by atoms with E-state index in [1.54, 1.807) is 0 Å². The van der Waals surface area contributed by atoms with Crippen molar-refractivity contribution in [1.29, 1.82) is 0 Å². The molecule has 0 atom stereocenters. The van der Waals surface area contributed by atoms with Gasteiger partial charge in [-0.05, 0) is 121 Å². The lowest BCUT2D eigenvalue weighted by atomic mass is 9.33. The fourth-order valence-electron chi connectivity index (χ4n) is 13.7. The summed E-state index contributed by atoms with van der Waals surface area (Å²) in [4.78, 5) is 2.67. The van der Waals surface area contributed by atoms with E-state index < -0.39 is 0 Å². The number of fused-ring (bicyclic) bond motifs is 14. The molecule has 0 fully saturated rings. The molecule has 2 aliphatic heterocycles. The first-order valence-corrected chi connectivity index (χ1v) is 27.9. The van der Waals surface area contributed by atoms with E-state index in [4.69, 9.17) is 4.42 Å². The van der Waals surface area contributed by atoms with Gasteiger partial charge in [0, 0.05) is 66.2 Å². The number of aromatic nitrogens is 2. The molecule has 0 aliphatic carbocycles. The Morgan fingerprint density at radius 2 is 0.937 bits per heavy atom. The molecule has 3 aromatic heterocycles. The lowest BCUT2D eigenvalue weighted by Crippen LogP contribution is -2.60. The van der Waals surface area contributed by atoms with Gasteiger partial charge in [0.2, 0.25) is 0 Å². The summed E-state index contributed by atoms with van der Waals surface area (Å²) < 4.78 is 12.1. The van der Waals surface area contributed by atoms with Crippen LogP contribution in [0.5, 0.6) is 0 Å². The molecule has 0 amide bonds. The molecular weight excluding hydrogens is 958 g/mol. The standard InChI is InChI=1S/C74H56BN3O/c1-73(2,3)49-36-32-46(33-37-49)52-27-19-28-53(47-34-38-50(39-35-47)74(4,5)6)71(52)78-62-42-57-55-25-15-18-31-66(55)79-67(57)44-59(62)75-69-64(40-48(41-65(69)78)45-20-9-7-10-21-45)77-60-29-16-13-24-54(60)58-43-63-68(70(75)72(58)77)56-26-14-17-30-61(56)76(63)51-22-11-8-12-23-51/h7-44H,1-6H3. The maximum atomic E-state index is 7.01. The number of anilines is 3. The van der Waals surface area contributed by atoms with Crippen LogP contribution in [0.25, 0.3) is 110 Å². The molecule has 2 aliphatic rings. The molecule has 11 aromatic carbocycles. The highest BCUT2D eigenvalue weighted by atomic mass is 16.3. The zero-order chi connectivity index (χ0) is 53.1. The van der Waals surface area contributed by atoms with Crippen LogP contribution >= 0.6 is 0 Å². The predicted molar refractivity (Wildman–Crippen MR) is 335 cm³/mol. The summed E-state index contributed by atoms with van der Waals surface area (Å²) in [6.45, 7) is 13.6. The number of rotatable bonds is 5. The number of hydrogen-bond donors (Lipinski definition) is 0. The van der Waals surface area contributed by atoms with Crippen molar-refractivity contribution in [2.45, 2.75) is 52.4 Å². The van der Waals surface area contributed by atoms with Gasteiger partial charge in [-0.1, -0.05) is 211 Å². The Kier molecular flexibility index (Phi) is 9.63. The molecule has 376 valence electrons. The van der Waals surface area contributed by atoms with E-state index >= 15 is 0 Å². The quantitative estimate of drug-likeness (QED) is 0.161.